The summed E-state index contributed by atoms with van der Waals surface area (Å²) >= 11 is 0. The first-order chi connectivity index (χ1) is 15.3. The van der Waals surface area contributed by atoms with Crippen molar-refractivity contribution in [3.05, 3.63) is 102 Å². The number of nitrogens with one attached hydrogen (secondary N) is 2. The van der Waals surface area contributed by atoms with Gasteiger partial charge in [-0.05, 0) is 43.7 Å². The number of anilines is 1. The highest BCUT2D eigenvalue weighted by Gasteiger charge is 2.26. The molecule has 0 unspecified atom stereocenters. The molecule has 4 rings (SSSR count). The molecular weight excluding hydrogens is 422 g/mol. The number of sulfonamides is 1. The number of para-hydroxylation sites is 2. The molecule has 7 heteroatoms. The number of fused-ring (bicyclic) bond motifs is 1. The van der Waals surface area contributed by atoms with Crippen molar-refractivity contribution >= 4 is 32.5 Å². The topological polar surface area (TPSA) is 88.2 Å². The first-order valence-electron chi connectivity index (χ1n) is 10.1. The Labute approximate surface area is 187 Å². The van der Waals surface area contributed by atoms with E-state index < -0.39 is 15.6 Å². The maximum atomic E-state index is 13.2. The zero-order valence-corrected chi connectivity index (χ0v) is 18.6. The summed E-state index contributed by atoms with van der Waals surface area (Å²) < 4.78 is 29.0. The van der Waals surface area contributed by atoms with E-state index in [0.29, 0.717) is 10.9 Å². The van der Waals surface area contributed by atoms with E-state index in [1.807, 2.05) is 44.2 Å². The van der Waals surface area contributed by atoms with E-state index >= 15 is 0 Å². The zero-order chi connectivity index (χ0) is 22.8. The Hall–Kier alpha value is -3.71. The number of pyridine rings is 1. The number of benzene rings is 3. The second-order valence-electron chi connectivity index (χ2n) is 7.93. The Balaban J connectivity index is 1.66. The largest absolute Gasteiger partial charge is 0.343 e. The standard InChI is InChI=1S/C25H23N3O3S/c1-25(2,19-12-4-3-5-13-19)27-24(29)20-14-6-7-15-21(20)28-32(30,31)22-16-8-10-18-11-9-17-26-23(18)22/h3-17,28H,1-2H3,(H,27,29). The van der Waals surface area contributed by atoms with Crippen molar-refractivity contribution in [3.63, 3.8) is 0 Å². The van der Waals surface area contributed by atoms with Crippen molar-refractivity contribution in [2.75, 3.05) is 4.72 Å². The third kappa shape index (κ3) is 4.33. The number of carbonyl (C=O) groups excluding carboxylic acids is 1. The van der Waals surface area contributed by atoms with Crippen LogP contribution < -0.4 is 10.0 Å². The van der Waals surface area contributed by atoms with Crippen molar-refractivity contribution < 1.29 is 13.2 Å². The van der Waals surface area contributed by atoms with Gasteiger partial charge in [0.05, 0.1) is 22.3 Å². The van der Waals surface area contributed by atoms with Gasteiger partial charge in [0.25, 0.3) is 15.9 Å². The van der Waals surface area contributed by atoms with Crippen molar-refractivity contribution in [2.45, 2.75) is 24.3 Å². The van der Waals surface area contributed by atoms with Crippen molar-refractivity contribution in [2.24, 2.45) is 0 Å². The lowest BCUT2D eigenvalue weighted by atomic mass is 9.94. The van der Waals surface area contributed by atoms with Crippen LogP contribution in [0.25, 0.3) is 10.9 Å². The van der Waals surface area contributed by atoms with Crippen LogP contribution in [0.3, 0.4) is 0 Å². The van der Waals surface area contributed by atoms with E-state index in [4.69, 9.17) is 0 Å². The average molecular weight is 446 g/mol. The van der Waals surface area contributed by atoms with E-state index in [0.717, 1.165) is 5.56 Å². The highest BCUT2D eigenvalue weighted by atomic mass is 32.2. The van der Waals surface area contributed by atoms with Gasteiger partial charge >= 0.3 is 0 Å². The predicted molar refractivity (Wildman–Crippen MR) is 126 cm³/mol. The Morgan fingerprint density at radius 2 is 1.53 bits per heavy atom. The average Bonchev–Trinajstić information content (AvgIpc) is 2.79. The monoisotopic (exact) mass is 445 g/mol. The molecule has 0 saturated carbocycles. The van der Waals surface area contributed by atoms with Gasteiger partial charge < -0.3 is 5.32 Å². The van der Waals surface area contributed by atoms with Crippen LogP contribution in [0.15, 0.2) is 96.0 Å². The van der Waals surface area contributed by atoms with Crippen LogP contribution in [-0.2, 0) is 15.6 Å². The molecule has 4 aromatic rings. The number of aromatic nitrogens is 1. The number of rotatable bonds is 6. The fourth-order valence-electron chi connectivity index (χ4n) is 3.54. The molecule has 0 aliphatic rings. The molecule has 0 saturated heterocycles. The van der Waals surface area contributed by atoms with Crippen LogP contribution in [0.2, 0.25) is 0 Å². The van der Waals surface area contributed by atoms with Gasteiger partial charge in [-0.15, -0.1) is 0 Å². The SMILES string of the molecule is CC(C)(NC(=O)c1ccccc1NS(=O)(=O)c1cccc2cccnc12)c1ccccc1. The fraction of sp³-hybridized carbons (Fsp3) is 0.120. The van der Waals surface area contributed by atoms with Crippen molar-refractivity contribution in [1.29, 1.82) is 0 Å². The Morgan fingerprint density at radius 3 is 2.31 bits per heavy atom. The van der Waals surface area contributed by atoms with Crippen LogP contribution in [0.4, 0.5) is 5.69 Å². The number of nitrogens with zero attached hydrogens (tertiary/aromatic N) is 1. The molecule has 0 radical (unpaired) electrons. The van der Waals surface area contributed by atoms with Gasteiger partial charge in [-0.25, -0.2) is 8.42 Å². The van der Waals surface area contributed by atoms with Gasteiger partial charge in [0, 0.05) is 11.6 Å². The summed E-state index contributed by atoms with van der Waals surface area (Å²) in [5, 5.41) is 3.71. The third-order valence-corrected chi connectivity index (χ3v) is 6.62. The zero-order valence-electron chi connectivity index (χ0n) is 17.7. The minimum atomic E-state index is -3.98. The summed E-state index contributed by atoms with van der Waals surface area (Å²) in [4.78, 5) is 17.4. The fourth-order valence-corrected chi connectivity index (χ4v) is 4.80. The smallest absolute Gasteiger partial charge is 0.264 e. The van der Waals surface area contributed by atoms with Crippen LogP contribution in [0.1, 0.15) is 29.8 Å². The lowest BCUT2D eigenvalue weighted by molar-refractivity contribution is 0.0913. The summed E-state index contributed by atoms with van der Waals surface area (Å²) in [7, 11) is -3.98. The Morgan fingerprint density at radius 1 is 0.844 bits per heavy atom. The highest BCUT2D eigenvalue weighted by molar-refractivity contribution is 7.93. The molecule has 1 aromatic heterocycles. The van der Waals surface area contributed by atoms with Gasteiger partial charge in [0.1, 0.15) is 4.90 Å². The first kappa shape index (κ1) is 21.5. The van der Waals surface area contributed by atoms with Gasteiger partial charge in [0.15, 0.2) is 0 Å². The number of carbonyl (C=O) groups is 1. The molecular formula is C25H23N3O3S. The first-order valence-corrected chi connectivity index (χ1v) is 11.6. The Kier molecular flexibility index (Phi) is 5.67. The lowest BCUT2D eigenvalue weighted by Crippen LogP contribution is -2.41. The Bertz CT molecular complexity index is 1380. The molecule has 6 nitrogen and oxygen atoms in total. The number of hydrogen-bond acceptors (Lipinski definition) is 4. The van der Waals surface area contributed by atoms with E-state index in [1.165, 1.54) is 6.07 Å². The van der Waals surface area contributed by atoms with E-state index in [2.05, 4.69) is 15.0 Å². The molecule has 0 bridgehead atoms. The molecule has 0 fully saturated rings. The molecule has 2 N–H and O–H groups in total. The second-order valence-corrected chi connectivity index (χ2v) is 9.58. The van der Waals surface area contributed by atoms with Crippen LogP contribution in [0, 0.1) is 0 Å². The molecule has 1 heterocycles. The maximum Gasteiger partial charge on any atom is 0.264 e. The molecule has 162 valence electrons. The predicted octanol–water partition coefficient (Wildman–Crippen LogP) is 4.70. The van der Waals surface area contributed by atoms with Gasteiger partial charge in [-0.1, -0.05) is 60.7 Å². The van der Waals surface area contributed by atoms with Crippen LogP contribution in [-0.4, -0.2) is 19.3 Å². The van der Waals surface area contributed by atoms with E-state index in [-0.39, 0.29) is 22.1 Å². The van der Waals surface area contributed by atoms with Crippen molar-refractivity contribution in [3.8, 4) is 0 Å². The summed E-state index contributed by atoms with van der Waals surface area (Å²) in [5.41, 5.74) is 1.09. The molecule has 3 aromatic carbocycles. The van der Waals surface area contributed by atoms with Crippen LogP contribution in [0.5, 0.6) is 0 Å². The van der Waals surface area contributed by atoms with E-state index in [9.17, 15) is 13.2 Å². The molecule has 0 spiro atoms. The highest BCUT2D eigenvalue weighted by Crippen LogP contribution is 2.26. The summed E-state index contributed by atoms with van der Waals surface area (Å²) in [6.07, 6.45) is 1.55. The minimum absolute atomic E-state index is 0.0513. The van der Waals surface area contributed by atoms with Gasteiger partial charge in [-0.3, -0.25) is 14.5 Å². The molecule has 0 atom stereocenters. The molecule has 32 heavy (non-hydrogen) atoms. The maximum absolute atomic E-state index is 13.2. The third-order valence-electron chi connectivity index (χ3n) is 5.22. The van der Waals surface area contributed by atoms with Crippen molar-refractivity contribution in [1.82, 2.24) is 10.3 Å². The summed E-state index contributed by atoms with van der Waals surface area (Å²) in [6.45, 7) is 3.80. The normalized spacial score (nSPS) is 11.8. The quantitative estimate of drug-likeness (QED) is 0.450. The lowest BCUT2D eigenvalue weighted by Gasteiger charge is -2.27. The number of hydrogen-bond donors (Lipinski definition) is 2. The molecule has 0 aliphatic carbocycles. The summed E-state index contributed by atoms with van der Waals surface area (Å²) in [6, 6.07) is 24.6. The minimum Gasteiger partial charge on any atom is -0.343 e. The molecule has 0 aliphatic heterocycles. The second kappa shape index (κ2) is 8.43. The van der Waals surface area contributed by atoms with Gasteiger partial charge in [0.2, 0.25) is 0 Å². The van der Waals surface area contributed by atoms with Crippen LogP contribution >= 0.6 is 0 Å². The van der Waals surface area contributed by atoms with Gasteiger partial charge in [-0.2, -0.15) is 0 Å². The number of amides is 1. The van der Waals surface area contributed by atoms with E-state index in [1.54, 1.807) is 54.7 Å². The summed E-state index contributed by atoms with van der Waals surface area (Å²) in [5.74, 6) is -0.381. The molecule has 1 amide bonds.